The Morgan fingerprint density at radius 2 is 2.07 bits per heavy atom. The van der Waals surface area contributed by atoms with Gasteiger partial charge in [0.05, 0.1) is 17.5 Å². The predicted octanol–water partition coefficient (Wildman–Crippen LogP) is 2.26. The molecule has 2 N–H and O–H groups in total. The van der Waals surface area contributed by atoms with E-state index in [0.717, 1.165) is 11.1 Å². The zero-order valence-electron chi connectivity index (χ0n) is 16.4. The highest BCUT2D eigenvalue weighted by Gasteiger charge is 2.22. The summed E-state index contributed by atoms with van der Waals surface area (Å²) in [6, 6.07) is 9.57. The monoisotopic (exact) mass is 383 g/mol. The molecule has 1 saturated heterocycles. The average molecular weight is 383 g/mol. The highest BCUT2D eigenvalue weighted by Crippen LogP contribution is 2.26. The Bertz CT molecular complexity index is 965. The molecule has 0 saturated carbocycles. The minimum Gasteiger partial charge on any atom is -0.381 e. The fourth-order valence-electron chi connectivity index (χ4n) is 3.31. The van der Waals surface area contributed by atoms with Crippen molar-refractivity contribution in [3.8, 4) is 6.07 Å². The molecule has 1 atom stereocenters. The standard InChI is InChI=1S/C20H25N5O3/c1-13(14-5-4-6-15(11-14)20(2,3)12-21)22-17-23-18(26)25(19(27)24-17)16-7-9-28-10-8-16/h4-6,11,13,16H,7-10H2,1-3H3,(H2,22,23,24,26,27)/t13-/m0/s1. The molecular formula is C20H25N5O3. The van der Waals surface area contributed by atoms with E-state index in [1.165, 1.54) is 4.57 Å². The number of nitriles is 1. The van der Waals surface area contributed by atoms with Crippen molar-refractivity contribution in [2.45, 2.75) is 51.1 Å². The van der Waals surface area contributed by atoms with Gasteiger partial charge in [-0.25, -0.2) is 14.2 Å². The normalized spacial score (nSPS) is 16.4. The Labute approximate surface area is 163 Å². The molecule has 28 heavy (non-hydrogen) atoms. The minimum absolute atomic E-state index is 0.135. The predicted molar refractivity (Wildman–Crippen MR) is 105 cm³/mol. The van der Waals surface area contributed by atoms with Crippen LogP contribution in [0.25, 0.3) is 0 Å². The van der Waals surface area contributed by atoms with Gasteiger partial charge in [0.15, 0.2) is 0 Å². The third-order valence-corrected chi connectivity index (χ3v) is 5.15. The van der Waals surface area contributed by atoms with Crippen molar-refractivity contribution in [1.29, 1.82) is 5.26 Å². The molecule has 8 nitrogen and oxygen atoms in total. The summed E-state index contributed by atoms with van der Waals surface area (Å²) in [7, 11) is 0. The summed E-state index contributed by atoms with van der Waals surface area (Å²) in [4.78, 5) is 31.5. The second-order valence-corrected chi connectivity index (χ2v) is 7.61. The van der Waals surface area contributed by atoms with Gasteiger partial charge in [-0.1, -0.05) is 24.3 Å². The fourth-order valence-corrected chi connectivity index (χ4v) is 3.31. The molecule has 0 unspecified atom stereocenters. The van der Waals surface area contributed by atoms with Gasteiger partial charge < -0.3 is 10.1 Å². The maximum absolute atomic E-state index is 12.5. The molecular weight excluding hydrogens is 358 g/mol. The van der Waals surface area contributed by atoms with Crippen molar-refractivity contribution in [2.24, 2.45) is 0 Å². The number of nitrogens with one attached hydrogen (secondary N) is 2. The molecule has 3 rings (SSSR count). The van der Waals surface area contributed by atoms with Gasteiger partial charge in [0.25, 0.3) is 0 Å². The maximum Gasteiger partial charge on any atom is 0.355 e. The molecule has 2 heterocycles. The summed E-state index contributed by atoms with van der Waals surface area (Å²) >= 11 is 0. The lowest BCUT2D eigenvalue weighted by molar-refractivity contribution is 0.0670. The molecule has 0 bridgehead atoms. The van der Waals surface area contributed by atoms with Crippen LogP contribution >= 0.6 is 0 Å². The van der Waals surface area contributed by atoms with Crippen LogP contribution in [0.4, 0.5) is 5.95 Å². The quantitative estimate of drug-likeness (QED) is 0.819. The van der Waals surface area contributed by atoms with E-state index in [2.05, 4.69) is 21.4 Å². The zero-order valence-corrected chi connectivity index (χ0v) is 16.4. The van der Waals surface area contributed by atoms with Crippen molar-refractivity contribution < 1.29 is 4.74 Å². The van der Waals surface area contributed by atoms with Gasteiger partial charge >= 0.3 is 11.4 Å². The first-order valence-electron chi connectivity index (χ1n) is 9.40. The Kier molecular flexibility index (Phi) is 5.66. The number of rotatable bonds is 5. The van der Waals surface area contributed by atoms with E-state index in [9.17, 15) is 14.9 Å². The fraction of sp³-hybridized carbons (Fsp3) is 0.500. The van der Waals surface area contributed by atoms with E-state index in [0.29, 0.717) is 26.1 Å². The number of anilines is 1. The van der Waals surface area contributed by atoms with Crippen LogP contribution in [0.3, 0.4) is 0 Å². The van der Waals surface area contributed by atoms with E-state index in [4.69, 9.17) is 4.74 Å². The summed E-state index contributed by atoms with van der Waals surface area (Å²) in [6.45, 7) is 6.69. The summed E-state index contributed by atoms with van der Waals surface area (Å²) in [5.74, 6) is 0.135. The van der Waals surface area contributed by atoms with Crippen molar-refractivity contribution in [2.75, 3.05) is 18.5 Å². The van der Waals surface area contributed by atoms with Crippen LogP contribution in [0, 0.1) is 11.3 Å². The Balaban J connectivity index is 1.82. The smallest absolute Gasteiger partial charge is 0.355 e. The van der Waals surface area contributed by atoms with Gasteiger partial charge in [-0.05, 0) is 44.7 Å². The largest absolute Gasteiger partial charge is 0.381 e. The second kappa shape index (κ2) is 7.98. The van der Waals surface area contributed by atoms with E-state index >= 15 is 0 Å². The third-order valence-electron chi connectivity index (χ3n) is 5.15. The summed E-state index contributed by atoms with van der Waals surface area (Å²) in [5, 5.41) is 12.4. The number of hydrogen-bond donors (Lipinski definition) is 2. The molecule has 1 fully saturated rings. The molecule has 1 aliphatic heterocycles. The van der Waals surface area contributed by atoms with Gasteiger partial charge in [0.2, 0.25) is 5.95 Å². The Hall–Kier alpha value is -2.92. The van der Waals surface area contributed by atoms with E-state index in [-0.39, 0.29) is 18.0 Å². The molecule has 1 aromatic heterocycles. The van der Waals surface area contributed by atoms with Crippen LogP contribution in [0.15, 0.2) is 33.9 Å². The highest BCUT2D eigenvalue weighted by molar-refractivity contribution is 5.37. The van der Waals surface area contributed by atoms with Crippen LogP contribution in [-0.2, 0) is 10.2 Å². The molecule has 0 amide bonds. The molecule has 2 aromatic rings. The number of aromatic nitrogens is 3. The van der Waals surface area contributed by atoms with Crippen molar-refractivity contribution in [3.63, 3.8) is 0 Å². The molecule has 8 heteroatoms. The van der Waals surface area contributed by atoms with Crippen molar-refractivity contribution >= 4 is 5.95 Å². The van der Waals surface area contributed by atoms with Crippen molar-refractivity contribution in [1.82, 2.24) is 14.5 Å². The molecule has 148 valence electrons. The van der Waals surface area contributed by atoms with Gasteiger partial charge in [-0.3, -0.25) is 4.98 Å². The van der Waals surface area contributed by atoms with Gasteiger partial charge in [-0.15, -0.1) is 0 Å². The number of hydrogen-bond acceptors (Lipinski definition) is 6. The molecule has 1 aliphatic rings. The summed E-state index contributed by atoms with van der Waals surface area (Å²) in [6.07, 6.45) is 1.24. The third kappa shape index (κ3) is 4.15. The molecule has 0 aliphatic carbocycles. The van der Waals surface area contributed by atoms with Crippen LogP contribution in [0.5, 0.6) is 0 Å². The topological polar surface area (TPSA) is 113 Å². The number of H-pyrrole nitrogens is 1. The minimum atomic E-state index is -0.605. The van der Waals surface area contributed by atoms with Gasteiger partial charge in [0.1, 0.15) is 0 Å². The maximum atomic E-state index is 12.5. The lowest BCUT2D eigenvalue weighted by Crippen LogP contribution is -2.42. The average Bonchev–Trinajstić information content (AvgIpc) is 2.68. The molecule has 1 aromatic carbocycles. The summed E-state index contributed by atoms with van der Waals surface area (Å²) < 4.78 is 6.46. The van der Waals surface area contributed by atoms with Crippen molar-refractivity contribution in [3.05, 3.63) is 56.4 Å². The second-order valence-electron chi connectivity index (χ2n) is 7.61. The van der Waals surface area contributed by atoms with E-state index in [1.807, 2.05) is 45.0 Å². The molecule has 0 spiro atoms. The van der Waals surface area contributed by atoms with E-state index in [1.54, 1.807) is 0 Å². The molecule has 0 radical (unpaired) electrons. The SMILES string of the molecule is C[C@H](Nc1nc(=O)n(C2CCOCC2)c(=O)[nH]1)c1cccc(C(C)(C)C#N)c1. The summed E-state index contributed by atoms with van der Waals surface area (Å²) in [5.41, 5.74) is 0.187. The van der Waals surface area contributed by atoms with Gasteiger partial charge in [-0.2, -0.15) is 10.2 Å². The Morgan fingerprint density at radius 1 is 1.36 bits per heavy atom. The van der Waals surface area contributed by atoms with Crippen LogP contribution in [0.1, 0.15) is 56.8 Å². The van der Waals surface area contributed by atoms with Crippen LogP contribution < -0.4 is 16.7 Å². The number of ether oxygens (including phenoxy) is 1. The number of aromatic amines is 1. The number of benzene rings is 1. The first kappa shape index (κ1) is 19.8. The van der Waals surface area contributed by atoms with Crippen LogP contribution in [-0.4, -0.2) is 27.7 Å². The first-order chi connectivity index (χ1) is 13.3. The zero-order chi connectivity index (χ0) is 20.3. The van der Waals surface area contributed by atoms with E-state index < -0.39 is 16.8 Å². The highest BCUT2D eigenvalue weighted by atomic mass is 16.5. The lowest BCUT2D eigenvalue weighted by atomic mass is 9.85. The number of nitrogens with zero attached hydrogens (tertiary/aromatic N) is 3. The lowest BCUT2D eigenvalue weighted by Gasteiger charge is -2.23. The first-order valence-corrected chi connectivity index (χ1v) is 9.40. The van der Waals surface area contributed by atoms with Gasteiger partial charge in [0, 0.05) is 19.3 Å². The van der Waals surface area contributed by atoms with Crippen LogP contribution in [0.2, 0.25) is 0 Å². The Morgan fingerprint density at radius 3 is 2.71 bits per heavy atom.